The smallest absolute Gasteiger partial charge is 0.411 e. The van der Waals surface area contributed by atoms with Gasteiger partial charge in [0.15, 0.2) is 17.6 Å². The number of hydrogen-bond donors (Lipinski definition) is 1. The lowest BCUT2D eigenvalue weighted by atomic mass is 9.91. The summed E-state index contributed by atoms with van der Waals surface area (Å²) < 4.78 is 55.5. The van der Waals surface area contributed by atoms with E-state index in [0.717, 1.165) is 10.5 Å². The first-order chi connectivity index (χ1) is 18.2. The van der Waals surface area contributed by atoms with Crippen LogP contribution < -0.4 is 9.47 Å². The molecule has 3 aromatic carbocycles. The number of fused-ring (bicyclic) bond motifs is 1. The van der Waals surface area contributed by atoms with Crippen LogP contribution in [0.1, 0.15) is 28.4 Å². The van der Waals surface area contributed by atoms with Crippen molar-refractivity contribution in [2.24, 2.45) is 0 Å². The topological polar surface area (TPSA) is 85.3 Å². The van der Waals surface area contributed by atoms with E-state index in [2.05, 4.69) is 0 Å². The van der Waals surface area contributed by atoms with Gasteiger partial charge < -0.3 is 24.2 Å². The molecule has 200 valence electrons. The van der Waals surface area contributed by atoms with Crippen LogP contribution in [-0.4, -0.2) is 47.8 Å². The zero-order valence-corrected chi connectivity index (χ0v) is 20.5. The van der Waals surface area contributed by atoms with Gasteiger partial charge in [-0.15, -0.1) is 0 Å². The van der Waals surface area contributed by atoms with Gasteiger partial charge in [-0.1, -0.05) is 66.7 Å². The Morgan fingerprint density at radius 2 is 1.68 bits per heavy atom. The summed E-state index contributed by atoms with van der Waals surface area (Å²) in [4.78, 5) is 26.9. The normalized spacial score (nSPS) is 15.9. The summed E-state index contributed by atoms with van der Waals surface area (Å²) in [6.07, 6.45) is -6.43. The molecule has 0 radical (unpaired) electrons. The van der Waals surface area contributed by atoms with Crippen molar-refractivity contribution in [1.82, 2.24) is 4.90 Å². The van der Waals surface area contributed by atoms with Crippen LogP contribution in [0, 0.1) is 0 Å². The molecule has 0 unspecified atom stereocenters. The van der Waals surface area contributed by atoms with Crippen molar-refractivity contribution >= 4 is 11.9 Å². The summed E-state index contributed by atoms with van der Waals surface area (Å²) in [7, 11) is 1.47. The van der Waals surface area contributed by atoms with Crippen LogP contribution in [0.25, 0.3) is 0 Å². The highest BCUT2D eigenvalue weighted by molar-refractivity contribution is 5.88. The van der Waals surface area contributed by atoms with E-state index in [1.807, 2.05) is 30.3 Å². The third-order valence-corrected chi connectivity index (χ3v) is 6.19. The summed E-state index contributed by atoms with van der Waals surface area (Å²) >= 11 is 0. The highest BCUT2D eigenvalue weighted by Gasteiger charge is 2.41. The molecule has 0 aromatic heterocycles. The molecule has 7 nitrogen and oxygen atoms in total. The van der Waals surface area contributed by atoms with E-state index in [1.54, 1.807) is 30.3 Å². The molecule has 0 spiro atoms. The Kier molecular flexibility index (Phi) is 8.21. The van der Waals surface area contributed by atoms with E-state index >= 15 is 0 Å². The maximum absolute atomic E-state index is 13.6. The Morgan fingerprint density at radius 1 is 1.03 bits per heavy atom. The van der Waals surface area contributed by atoms with Crippen LogP contribution in [0.5, 0.6) is 11.5 Å². The molecule has 3 aromatic rings. The Bertz CT molecular complexity index is 1270. The molecule has 2 atom stereocenters. The van der Waals surface area contributed by atoms with Gasteiger partial charge in [-0.3, -0.25) is 4.79 Å². The highest BCUT2D eigenvalue weighted by atomic mass is 19.4. The Balaban J connectivity index is 1.67. The molecule has 0 fully saturated rings. The maximum atomic E-state index is 13.6. The number of carboxylic acids is 1. The molecular formula is C28H26F3NO6. The van der Waals surface area contributed by atoms with Crippen molar-refractivity contribution in [2.45, 2.75) is 37.9 Å². The fourth-order valence-corrected chi connectivity index (χ4v) is 4.38. The van der Waals surface area contributed by atoms with Gasteiger partial charge in [0, 0.05) is 18.5 Å². The average molecular weight is 530 g/mol. The van der Waals surface area contributed by atoms with Crippen molar-refractivity contribution in [1.29, 1.82) is 0 Å². The van der Waals surface area contributed by atoms with E-state index < -0.39 is 36.8 Å². The molecule has 0 aliphatic carbocycles. The molecule has 1 aliphatic heterocycles. The fraction of sp³-hybridized carbons (Fsp3) is 0.286. The molecule has 1 amide bonds. The van der Waals surface area contributed by atoms with E-state index in [9.17, 15) is 27.9 Å². The monoisotopic (exact) mass is 529 g/mol. The number of carbonyl (C=O) groups excluding carboxylic acids is 1. The van der Waals surface area contributed by atoms with Crippen LogP contribution in [0.15, 0.2) is 72.8 Å². The van der Waals surface area contributed by atoms with Gasteiger partial charge in [-0.2, -0.15) is 13.2 Å². The lowest BCUT2D eigenvalue weighted by Crippen LogP contribution is -2.50. The van der Waals surface area contributed by atoms with Gasteiger partial charge in [-0.05, 0) is 22.8 Å². The molecule has 4 rings (SSSR count). The molecule has 1 aliphatic rings. The van der Waals surface area contributed by atoms with E-state index in [1.165, 1.54) is 19.2 Å². The van der Waals surface area contributed by atoms with Gasteiger partial charge in [0.25, 0.3) is 5.91 Å². The SMILES string of the molecule is COc1ccc2c(c1OCc1ccccc1)C[C@H](C(=O)O)N(C(=O)[C@@H](OCC(F)(F)F)c1ccccc1)C2. The minimum atomic E-state index is -4.67. The molecule has 0 bridgehead atoms. The van der Waals surface area contributed by atoms with Crippen molar-refractivity contribution in [3.63, 3.8) is 0 Å². The average Bonchev–Trinajstić information content (AvgIpc) is 2.91. The lowest BCUT2D eigenvalue weighted by Gasteiger charge is -2.37. The van der Waals surface area contributed by atoms with Crippen molar-refractivity contribution in [3.05, 3.63) is 95.1 Å². The number of carbonyl (C=O) groups is 2. The summed E-state index contributed by atoms with van der Waals surface area (Å²) in [6, 6.07) is 19.1. The number of benzene rings is 3. The first-order valence-corrected chi connectivity index (χ1v) is 11.8. The third-order valence-electron chi connectivity index (χ3n) is 6.19. The molecular weight excluding hydrogens is 503 g/mol. The number of hydrogen-bond acceptors (Lipinski definition) is 5. The van der Waals surface area contributed by atoms with Gasteiger partial charge in [0.1, 0.15) is 19.3 Å². The number of alkyl halides is 3. The fourth-order valence-electron chi connectivity index (χ4n) is 4.38. The van der Waals surface area contributed by atoms with Gasteiger partial charge >= 0.3 is 12.1 Å². The van der Waals surface area contributed by atoms with Crippen molar-refractivity contribution in [3.8, 4) is 11.5 Å². The largest absolute Gasteiger partial charge is 0.493 e. The summed E-state index contributed by atoms with van der Waals surface area (Å²) in [5.74, 6) is -1.41. The van der Waals surface area contributed by atoms with E-state index in [0.29, 0.717) is 22.6 Å². The lowest BCUT2D eigenvalue weighted by molar-refractivity contribution is -0.193. The molecule has 38 heavy (non-hydrogen) atoms. The van der Waals surface area contributed by atoms with Crippen LogP contribution in [-0.2, 0) is 33.9 Å². The van der Waals surface area contributed by atoms with E-state index in [4.69, 9.17) is 14.2 Å². The van der Waals surface area contributed by atoms with E-state index in [-0.39, 0.29) is 25.1 Å². The Morgan fingerprint density at radius 3 is 2.29 bits per heavy atom. The number of rotatable bonds is 9. The second kappa shape index (κ2) is 11.6. The predicted octanol–water partition coefficient (Wildman–Crippen LogP) is 4.93. The summed E-state index contributed by atoms with van der Waals surface area (Å²) in [6.45, 7) is -1.61. The minimum absolute atomic E-state index is 0.126. The van der Waals surface area contributed by atoms with Crippen LogP contribution in [0.4, 0.5) is 13.2 Å². The number of ether oxygens (including phenoxy) is 3. The second-order valence-electron chi connectivity index (χ2n) is 8.75. The quantitative estimate of drug-likeness (QED) is 0.423. The molecule has 10 heteroatoms. The number of methoxy groups -OCH3 is 1. The first-order valence-electron chi connectivity index (χ1n) is 11.8. The summed E-state index contributed by atoms with van der Waals surface area (Å²) in [5, 5.41) is 10.0. The van der Waals surface area contributed by atoms with Crippen LogP contribution in [0.3, 0.4) is 0 Å². The number of amides is 1. The second-order valence-corrected chi connectivity index (χ2v) is 8.75. The molecule has 1 heterocycles. The standard InChI is InChI=1S/C28H26F3NO6/c1-36-23-13-12-20-15-32(26(33)24(38-17-28(29,30)31)19-10-6-3-7-11-19)22(27(34)35)14-21(20)25(23)37-16-18-8-4-2-5-9-18/h2-13,22,24H,14-17H2,1H3,(H,34,35)/t22-,24+/m1/s1. The Hall–Kier alpha value is -4.05. The third kappa shape index (κ3) is 6.25. The zero-order chi connectivity index (χ0) is 27.3. The number of halogens is 3. The summed E-state index contributed by atoms with van der Waals surface area (Å²) in [5.41, 5.74) is 2.24. The van der Waals surface area contributed by atoms with Gasteiger partial charge in [0.05, 0.1) is 7.11 Å². The minimum Gasteiger partial charge on any atom is -0.493 e. The number of carboxylic acid groups (broad SMARTS) is 1. The van der Waals surface area contributed by atoms with Crippen LogP contribution >= 0.6 is 0 Å². The van der Waals surface area contributed by atoms with Gasteiger partial charge in [0.2, 0.25) is 0 Å². The highest BCUT2D eigenvalue weighted by Crippen LogP contribution is 2.40. The molecule has 0 saturated heterocycles. The van der Waals surface area contributed by atoms with Crippen LogP contribution in [0.2, 0.25) is 0 Å². The Labute approximate surface area is 217 Å². The number of nitrogens with zero attached hydrogens (tertiary/aromatic N) is 1. The predicted molar refractivity (Wildman–Crippen MR) is 131 cm³/mol. The molecule has 1 N–H and O–H groups in total. The van der Waals surface area contributed by atoms with Gasteiger partial charge in [-0.25, -0.2) is 4.79 Å². The van der Waals surface area contributed by atoms with Crippen molar-refractivity contribution < 1.29 is 42.1 Å². The maximum Gasteiger partial charge on any atom is 0.411 e. The number of aliphatic carboxylic acids is 1. The van der Waals surface area contributed by atoms with Crippen molar-refractivity contribution in [2.75, 3.05) is 13.7 Å². The molecule has 0 saturated carbocycles. The first kappa shape index (κ1) is 27.0. The zero-order valence-electron chi connectivity index (χ0n) is 20.5.